The summed E-state index contributed by atoms with van der Waals surface area (Å²) in [6.07, 6.45) is 1.02. The molecule has 1 heterocycles. The van der Waals surface area contributed by atoms with Crippen molar-refractivity contribution in [1.82, 2.24) is 15.3 Å². The van der Waals surface area contributed by atoms with Gasteiger partial charge in [-0.1, -0.05) is 41.5 Å². The number of hydroxylamine groups is 2. The average molecular weight is 514 g/mol. The average Bonchev–Trinajstić information content (AvgIpc) is 3.09. The minimum Gasteiger partial charge on any atom is -0.355 e. The van der Waals surface area contributed by atoms with Crippen molar-refractivity contribution in [3.8, 4) is 0 Å². The number of hydrogen-bond donors (Lipinski definition) is 1. The van der Waals surface area contributed by atoms with E-state index in [1.165, 1.54) is 4.90 Å². The van der Waals surface area contributed by atoms with Gasteiger partial charge in [-0.25, -0.2) is 4.79 Å². The second-order valence-electron chi connectivity index (χ2n) is 10.3. The van der Waals surface area contributed by atoms with Crippen LogP contribution in [0.25, 0.3) is 0 Å². The monoisotopic (exact) mass is 513 g/mol. The lowest BCUT2D eigenvalue weighted by Crippen LogP contribution is -2.50. The first-order chi connectivity index (χ1) is 16.8. The third-order valence-corrected chi connectivity index (χ3v) is 5.65. The second kappa shape index (κ2) is 17.1. The van der Waals surface area contributed by atoms with Crippen LogP contribution in [-0.2, 0) is 28.8 Å². The Morgan fingerprint density at radius 2 is 1.50 bits per heavy atom. The Bertz CT molecular complexity index is 712. The van der Waals surface area contributed by atoms with Gasteiger partial charge in [0.05, 0.1) is 33.1 Å². The van der Waals surface area contributed by atoms with E-state index < -0.39 is 17.8 Å². The molecule has 10 nitrogen and oxygen atoms in total. The van der Waals surface area contributed by atoms with Crippen molar-refractivity contribution in [2.24, 2.45) is 11.8 Å². The molecule has 0 bridgehead atoms. The normalized spacial score (nSPS) is 13.6. The zero-order valence-corrected chi connectivity index (χ0v) is 23.7. The van der Waals surface area contributed by atoms with Gasteiger partial charge in [0.2, 0.25) is 11.8 Å². The molecule has 4 amide bonds. The van der Waals surface area contributed by atoms with Crippen LogP contribution in [0.15, 0.2) is 0 Å². The Balaban J connectivity index is 0.00000596. The summed E-state index contributed by atoms with van der Waals surface area (Å²) in [7, 11) is 3.83. The fourth-order valence-corrected chi connectivity index (χ4v) is 4.37. The summed E-state index contributed by atoms with van der Waals surface area (Å²) in [5, 5.41) is 3.35. The minimum atomic E-state index is -0.683. The van der Waals surface area contributed by atoms with Gasteiger partial charge in [-0.15, -0.1) is 5.06 Å². The van der Waals surface area contributed by atoms with Crippen molar-refractivity contribution in [3.05, 3.63) is 0 Å². The Hall–Kier alpha value is -2.49. The first-order valence-corrected chi connectivity index (χ1v) is 13.2. The lowest BCUT2D eigenvalue weighted by atomic mass is 10.1. The number of rotatable bonds is 15. The molecule has 0 spiro atoms. The molecule has 0 aromatic carbocycles. The molecule has 208 valence electrons. The molecule has 0 aromatic heterocycles. The molecule has 36 heavy (non-hydrogen) atoms. The summed E-state index contributed by atoms with van der Waals surface area (Å²) in [4.78, 5) is 65.6. The van der Waals surface area contributed by atoms with Crippen molar-refractivity contribution in [1.29, 1.82) is 0 Å². The fourth-order valence-electron chi connectivity index (χ4n) is 4.37. The number of carbonyl (C=O) groups is 5. The number of hydrogen-bond acceptors (Lipinski definition) is 6. The molecule has 0 aliphatic carbocycles. The van der Waals surface area contributed by atoms with E-state index in [4.69, 9.17) is 4.84 Å². The van der Waals surface area contributed by atoms with Gasteiger partial charge in [0.25, 0.3) is 11.8 Å². The molecule has 1 fully saturated rings. The van der Waals surface area contributed by atoms with Crippen molar-refractivity contribution < 1.29 is 33.3 Å². The molecule has 0 radical (unpaired) electrons. The Labute approximate surface area is 217 Å². The maximum Gasteiger partial charge on any atom is 0.333 e. The highest BCUT2D eigenvalue weighted by molar-refractivity contribution is 6.01. The van der Waals surface area contributed by atoms with Crippen LogP contribution < -0.4 is 5.32 Å². The van der Waals surface area contributed by atoms with E-state index in [-0.39, 0.29) is 44.0 Å². The molecule has 1 N–H and O–H groups in total. The number of quaternary nitrogens is 1. The van der Waals surface area contributed by atoms with Gasteiger partial charge in [0.15, 0.2) is 0 Å². The van der Waals surface area contributed by atoms with Gasteiger partial charge in [-0.05, 0) is 6.42 Å². The highest BCUT2D eigenvalue weighted by Gasteiger charge is 2.32. The minimum absolute atomic E-state index is 0.0187. The molecule has 0 unspecified atom stereocenters. The van der Waals surface area contributed by atoms with Gasteiger partial charge in [0, 0.05) is 57.7 Å². The summed E-state index contributed by atoms with van der Waals surface area (Å²) < 4.78 is 0.854. The van der Waals surface area contributed by atoms with Crippen molar-refractivity contribution in [2.45, 2.75) is 80.1 Å². The zero-order valence-electron chi connectivity index (χ0n) is 23.7. The highest BCUT2D eigenvalue weighted by Crippen LogP contribution is 2.14. The van der Waals surface area contributed by atoms with Crippen LogP contribution in [0, 0.1) is 11.8 Å². The van der Waals surface area contributed by atoms with Gasteiger partial charge in [0.1, 0.15) is 0 Å². The van der Waals surface area contributed by atoms with E-state index in [2.05, 4.69) is 40.1 Å². The van der Waals surface area contributed by atoms with Crippen LogP contribution in [0.3, 0.4) is 0 Å². The lowest BCUT2D eigenvalue weighted by Gasteiger charge is -2.37. The highest BCUT2D eigenvalue weighted by atomic mass is 16.7. The van der Waals surface area contributed by atoms with E-state index in [0.29, 0.717) is 36.3 Å². The van der Waals surface area contributed by atoms with Crippen molar-refractivity contribution >= 4 is 29.6 Å². The number of nitrogens with one attached hydrogen (secondary N) is 1. The van der Waals surface area contributed by atoms with E-state index in [9.17, 15) is 24.0 Å². The summed E-state index contributed by atoms with van der Waals surface area (Å²) in [6, 6.07) is 0. The molecule has 1 saturated heterocycles. The van der Waals surface area contributed by atoms with E-state index >= 15 is 0 Å². The summed E-state index contributed by atoms with van der Waals surface area (Å²) in [5.74, 6) is -0.816. The van der Waals surface area contributed by atoms with Crippen molar-refractivity contribution in [2.75, 3.05) is 46.8 Å². The van der Waals surface area contributed by atoms with Crippen LogP contribution in [0.1, 0.15) is 80.1 Å². The largest absolute Gasteiger partial charge is 0.355 e. The lowest BCUT2D eigenvalue weighted by molar-refractivity contribution is -0.914. The van der Waals surface area contributed by atoms with Gasteiger partial charge in [-0.2, -0.15) is 0 Å². The van der Waals surface area contributed by atoms with Crippen molar-refractivity contribution in [3.63, 3.8) is 0 Å². The second-order valence-corrected chi connectivity index (χ2v) is 10.3. The third kappa shape index (κ3) is 13.6. The molecule has 0 aromatic rings. The Kier molecular flexibility index (Phi) is 15.9. The molecule has 10 heteroatoms. The number of imide groups is 1. The van der Waals surface area contributed by atoms with Gasteiger partial charge < -0.3 is 19.5 Å². The van der Waals surface area contributed by atoms with Gasteiger partial charge >= 0.3 is 5.97 Å². The predicted molar refractivity (Wildman–Crippen MR) is 138 cm³/mol. The van der Waals surface area contributed by atoms with Crippen LogP contribution >= 0.6 is 0 Å². The number of nitrogens with zero attached hydrogens (tertiary/aromatic N) is 3. The van der Waals surface area contributed by atoms with Crippen LogP contribution in [0.4, 0.5) is 0 Å². The molecule has 1 aliphatic heterocycles. The first-order valence-electron chi connectivity index (χ1n) is 13.2. The SMILES string of the molecule is CC.CC(C)C[N+](C)(CCC(=O)NCCC(=O)N(C)CCCC(=O)ON1C(=O)CCC1=O)CC(C)C. The maximum absolute atomic E-state index is 12.3. The standard InChI is InChI=1S/C24H42N4O6.C2H6/c1-18(2)16-28(6,17-19(3)4)15-12-20(29)25-13-11-21(30)26(5)14-7-8-24(33)34-27-22(31)9-10-23(27)32;1-2/h18-19H,7-17H2,1-6H3;1-2H3/p+1. The number of amides is 4. The molecule has 0 saturated carbocycles. The van der Waals surface area contributed by atoms with E-state index in [1.807, 2.05) is 13.8 Å². The summed E-state index contributed by atoms with van der Waals surface area (Å²) >= 11 is 0. The maximum atomic E-state index is 12.3. The van der Waals surface area contributed by atoms with Gasteiger partial charge in [-0.3, -0.25) is 19.2 Å². The van der Waals surface area contributed by atoms with Crippen LogP contribution in [0.2, 0.25) is 0 Å². The van der Waals surface area contributed by atoms with E-state index in [0.717, 1.165) is 24.1 Å². The molecular weight excluding hydrogens is 464 g/mol. The zero-order chi connectivity index (χ0) is 27.9. The quantitative estimate of drug-likeness (QED) is 0.266. The third-order valence-electron chi connectivity index (χ3n) is 5.65. The fraction of sp³-hybridized carbons (Fsp3) is 0.808. The summed E-state index contributed by atoms with van der Waals surface area (Å²) in [6.45, 7) is 16.2. The number of carbonyl (C=O) groups excluding carboxylic acids is 5. The van der Waals surface area contributed by atoms with Crippen LogP contribution in [0.5, 0.6) is 0 Å². The molecule has 1 aliphatic rings. The van der Waals surface area contributed by atoms with Crippen LogP contribution in [-0.4, -0.2) is 90.9 Å². The molecular formula is C26H49N4O6+. The Morgan fingerprint density at radius 1 is 0.972 bits per heavy atom. The first kappa shape index (κ1) is 33.5. The van der Waals surface area contributed by atoms with E-state index in [1.54, 1.807) is 7.05 Å². The molecule has 0 atom stereocenters. The smallest absolute Gasteiger partial charge is 0.333 e. The predicted octanol–water partition coefficient (Wildman–Crippen LogP) is 2.51. The topological polar surface area (TPSA) is 113 Å². The Morgan fingerprint density at radius 3 is 2.00 bits per heavy atom. The molecule has 1 rings (SSSR count). The summed E-state index contributed by atoms with van der Waals surface area (Å²) in [5.41, 5.74) is 0.